The van der Waals surface area contributed by atoms with E-state index in [1.165, 1.54) is 61.5 Å². The molecule has 66 heavy (non-hydrogen) atoms. The maximum absolute atomic E-state index is 13.2. The van der Waals surface area contributed by atoms with Gasteiger partial charge >= 0.3 is 0 Å². The molecule has 1 aliphatic heterocycles. The second kappa shape index (κ2) is 20.3. The molecule has 6 rings (SSSR count). The maximum Gasteiger partial charge on any atom is 0.296 e. The Hall–Kier alpha value is -6.65. The number of rotatable bonds is 19. The van der Waals surface area contributed by atoms with Crippen LogP contribution in [0.15, 0.2) is 129 Å². The van der Waals surface area contributed by atoms with Crippen molar-refractivity contribution < 1.29 is 68.5 Å². The predicted octanol–water partition coefficient (Wildman–Crippen LogP) is 7.08. The molecule has 23 nitrogen and oxygen atoms in total. The molecule has 1 heterocycles. The van der Waals surface area contributed by atoms with Crippen LogP contribution < -0.4 is 14.5 Å². The summed E-state index contributed by atoms with van der Waals surface area (Å²) in [5.41, 5.74) is -0.154. The first kappa shape index (κ1) is 48.8. The third kappa shape index (κ3) is 11.4. The van der Waals surface area contributed by atoms with Crippen molar-refractivity contribution in [3.8, 4) is 17.2 Å². The van der Waals surface area contributed by atoms with Crippen LogP contribution in [0.3, 0.4) is 0 Å². The van der Waals surface area contributed by atoms with Crippen LogP contribution in [0, 0.1) is 0 Å². The van der Waals surface area contributed by atoms with Crippen molar-refractivity contribution in [2.45, 2.75) is 53.8 Å². The van der Waals surface area contributed by atoms with Gasteiger partial charge in [0.05, 0.1) is 35.2 Å². The molecule has 1 aliphatic rings. The summed E-state index contributed by atoms with van der Waals surface area (Å²) >= 11 is 0. The number of ether oxygens (including phenoxy) is 2. The van der Waals surface area contributed by atoms with Crippen molar-refractivity contribution >= 4 is 86.9 Å². The average Bonchev–Trinajstić information content (AvgIpc) is 3.55. The van der Waals surface area contributed by atoms with Crippen molar-refractivity contribution in [2.24, 2.45) is 35.8 Å². The van der Waals surface area contributed by atoms with Gasteiger partial charge in [-0.25, -0.2) is 0 Å². The fourth-order valence-corrected chi connectivity index (χ4v) is 8.10. The number of nitrogens with zero attached hydrogens (tertiary/aromatic N) is 8. The number of phenolic OH excluding ortho intramolecular Hbond substituents is 1. The highest BCUT2D eigenvalue weighted by Gasteiger charge is 2.35. The number of carbonyl (C=O) groups excluding carboxylic acids is 1. The number of azo groups is 3. The number of unbranched alkanes of at least 4 members (excludes halogenated alkanes) is 1. The quantitative estimate of drug-likeness (QED) is 0.0356. The molecule has 1 unspecified atom stereocenters. The van der Waals surface area contributed by atoms with Gasteiger partial charge in [0, 0.05) is 17.5 Å². The molecule has 0 radical (unpaired) electrons. The largest absolute Gasteiger partial charge is 0.505 e. The molecule has 26 heteroatoms. The summed E-state index contributed by atoms with van der Waals surface area (Å²) in [4.78, 5) is 11.4. The Morgan fingerprint density at radius 3 is 1.88 bits per heavy atom. The molecule has 0 fully saturated rings. The highest BCUT2D eigenvalue weighted by Crippen LogP contribution is 2.45. The number of hydrogen-bond acceptors (Lipinski definition) is 19. The van der Waals surface area contributed by atoms with Gasteiger partial charge in [-0.1, -0.05) is 19.4 Å². The van der Waals surface area contributed by atoms with Crippen molar-refractivity contribution in [3.63, 3.8) is 0 Å². The molecule has 348 valence electrons. The van der Waals surface area contributed by atoms with E-state index in [4.69, 9.17) is 9.47 Å². The summed E-state index contributed by atoms with van der Waals surface area (Å²) in [7, 11) is -14.4. The maximum atomic E-state index is 13.2. The van der Waals surface area contributed by atoms with Crippen LogP contribution in [0.4, 0.5) is 34.1 Å². The predicted molar refractivity (Wildman–Crippen MR) is 235 cm³/mol. The van der Waals surface area contributed by atoms with Gasteiger partial charge in [-0.3, -0.25) is 18.5 Å². The lowest BCUT2D eigenvalue weighted by Gasteiger charge is -2.13. The van der Waals surface area contributed by atoms with Crippen LogP contribution >= 0.6 is 0 Å². The van der Waals surface area contributed by atoms with Crippen LogP contribution in [0.1, 0.15) is 32.3 Å². The Morgan fingerprint density at radius 1 is 0.697 bits per heavy atom. The number of carbonyl (C=O) groups is 1. The highest BCUT2D eigenvalue weighted by molar-refractivity contribution is 7.86. The van der Waals surface area contributed by atoms with Gasteiger partial charge in [-0.05, 0) is 91.4 Å². The van der Waals surface area contributed by atoms with Crippen molar-refractivity contribution in [1.29, 1.82) is 0 Å². The minimum absolute atomic E-state index is 0.00615. The van der Waals surface area contributed by atoms with Gasteiger partial charge < -0.3 is 24.8 Å². The summed E-state index contributed by atoms with van der Waals surface area (Å²) < 4.78 is 114. The number of amides is 1. The smallest absolute Gasteiger partial charge is 0.296 e. The third-order valence-corrected chi connectivity index (χ3v) is 12.1. The number of aromatic hydroxyl groups is 1. The molecule has 5 aromatic rings. The zero-order chi connectivity index (χ0) is 48.0. The normalized spacial score (nSPS) is 14.9. The zero-order valence-corrected chi connectivity index (χ0v) is 37.1. The molecular weight excluding hydrogens is 929 g/mol. The fourth-order valence-electron chi connectivity index (χ4n) is 6.29. The molecule has 0 aromatic heterocycles. The van der Waals surface area contributed by atoms with Gasteiger partial charge in [0.2, 0.25) is 0 Å². The molecule has 0 spiro atoms. The van der Waals surface area contributed by atoms with Gasteiger partial charge in [0.1, 0.15) is 57.3 Å². The van der Waals surface area contributed by atoms with Gasteiger partial charge in [-0.2, -0.15) is 45.6 Å². The van der Waals surface area contributed by atoms with Crippen molar-refractivity contribution in [1.82, 2.24) is 0 Å². The second-order valence-electron chi connectivity index (χ2n) is 14.1. The summed E-state index contributed by atoms with van der Waals surface area (Å²) in [5, 5.41) is 59.9. The van der Waals surface area contributed by atoms with Gasteiger partial charge in [-0.15, -0.1) is 20.5 Å². The van der Waals surface area contributed by atoms with Gasteiger partial charge in [0.25, 0.3) is 36.3 Å². The first-order valence-electron chi connectivity index (χ1n) is 19.5. The number of aryl methyl sites for hydroxylation is 1. The van der Waals surface area contributed by atoms with Crippen molar-refractivity contribution in [3.05, 3.63) is 84.4 Å². The molecule has 1 atom stereocenters. The number of hydrazone groups is 1. The SMILES string of the molecule is CCCCc1ccc(/N=N/c2cc(OCCO)c(/N=N/c3c(S(=O)(=O)O)cc4cc(/N=N/C5C(=O)N(c6ccc(S(=O)(=O)O)cc6)N=C5C)ccc4c3O)cc2OCCO)c(S(=O)(=O)O)c1. The summed E-state index contributed by atoms with van der Waals surface area (Å²) in [5.74, 6) is -1.70. The fraction of sp³-hybridized carbons (Fsp3) is 0.250. The Labute approximate surface area is 376 Å². The minimum Gasteiger partial charge on any atom is -0.505 e. The van der Waals surface area contributed by atoms with Crippen LogP contribution in [-0.4, -0.2) is 98.3 Å². The second-order valence-corrected chi connectivity index (χ2v) is 18.3. The van der Waals surface area contributed by atoms with E-state index in [2.05, 4.69) is 35.8 Å². The number of anilines is 1. The number of phenols is 1. The highest BCUT2D eigenvalue weighted by atomic mass is 32.2. The van der Waals surface area contributed by atoms with Crippen LogP contribution in [0.25, 0.3) is 10.8 Å². The van der Waals surface area contributed by atoms with E-state index >= 15 is 0 Å². The first-order valence-corrected chi connectivity index (χ1v) is 23.8. The lowest BCUT2D eigenvalue weighted by molar-refractivity contribution is -0.117. The molecule has 0 aliphatic carbocycles. The van der Waals surface area contributed by atoms with E-state index in [0.717, 1.165) is 36.0 Å². The lowest BCUT2D eigenvalue weighted by atomic mass is 10.1. The van der Waals surface area contributed by atoms with E-state index in [0.29, 0.717) is 12.0 Å². The number of fused-ring (bicyclic) bond motifs is 1. The van der Waals surface area contributed by atoms with Crippen molar-refractivity contribution in [2.75, 3.05) is 31.4 Å². The Morgan fingerprint density at radius 2 is 1.30 bits per heavy atom. The summed E-state index contributed by atoms with van der Waals surface area (Å²) in [6.45, 7) is 1.90. The van der Waals surface area contributed by atoms with Crippen LogP contribution in [-0.2, 0) is 41.6 Å². The van der Waals surface area contributed by atoms with Gasteiger partial charge in [0.15, 0.2) is 11.8 Å². The molecule has 6 N–H and O–H groups in total. The molecule has 1 amide bonds. The molecular formula is C40H40N8O15S3. The third-order valence-electron chi connectivity index (χ3n) is 9.46. The Bertz CT molecular complexity index is 3150. The minimum atomic E-state index is -5.14. The molecule has 5 aromatic carbocycles. The molecule has 0 saturated carbocycles. The number of benzene rings is 5. The van der Waals surface area contributed by atoms with E-state index < -0.39 is 81.6 Å². The summed E-state index contributed by atoms with van der Waals surface area (Å²) in [6, 6.07) is 15.1. The monoisotopic (exact) mass is 968 g/mol. The number of aliphatic hydroxyl groups excluding tert-OH is 2. The summed E-state index contributed by atoms with van der Waals surface area (Å²) in [6.07, 6.45) is 2.15. The Kier molecular flexibility index (Phi) is 15.0. The van der Waals surface area contributed by atoms with Crippen LogP contribution in [0.5, 0.6) is 17.2 Å². The van der Waals surface area contributed by atoms with E-state index in [1.54, 1.807) is 6.07 Å². The van der Waals surface area contributed by atoms with E-state index in [-0.39, 0.29) is 69.6 Å². The van der Waals surface area contributed by atoms with Crippen LogP contribution in [0.2, 0.25) is 0 Å². The number of hydrogen-bond donors (Lipinski definition) is 6. The topological polar surface area (TPSA) is 349 Å². The van der Waals surface area contributed by atoms with E-state index in [9.17, 15) is 59.0 Å². The first-order chi connectivity index (χ1) is 31.2. The standard InChI is InChI=1S/C40H40N8O15S3/c1-3-4-5-24-6-13-30(35(18-24)65(56,57)58)42-43-31-21-34(63-17-15-50)32(22-33(31)62-16-14-49)44-46-38-36(66(59,60)61)20-25-19-26(7-12-29(25)39(38)51)41-45-37-23(2)47-48(40(37)52)27-8-10-28(11-9-27)64(53,54)55/h6-13,18-22,37,49-51H,3-5,14-17H2,1-2H3,(H,53,54,55)(H,56,57,58)(H,59,60,61)/b43-42+,45-41+,46-44+. The Balaban J connectivity index is 1.34. The average molecular weight is 969 g/mol. The number of aliphatic hydroxyl groups is 2. The molecule has 0 saturated heterocycles. The molecule has 0 bridgehead atoms. The zero-order valence-electron chi connectivity index (χ0n) is 34.7. The van der Waals surface area contributed by atoms with E-state index in [1.807, 2.05) is 6.92 Å². The lowest BCUT2D eigenvalue weighted by Crippen LogP contribution is -2.29.